The van der Waals surface area contributed by atoms with Crippen LogP contribution < -0.4 is 0 Å². The lowest BCUT2D eigenvalue weighted by Crippen LogP contribution is -2.51. The van der Waals surface area contributed by atoms with E-state index in [1.807, 2.05) is 30.3 Å². The number of benzene rings is 1. The van der Waals surface area contributed by atoms with Gasteiger partial charge in [0.15, 0.2) is 0 Å². The average molecular weight is 262 g/mol. The number of carbonyl (C=O) groups is 1. The highest BCUT2D eigenvalue weighted by Crippen LogP contribution is 2.08. The Balaban J connectivity index is 1.86. The number of hydrogen-bond acceptors (Lipinski definition) is 3. The van der Waals surface area contributed by atoms with Crippen LogP contribution in [0.4, 0.5) is 0 Å². The Bertz CT molecular complexity index is 400. The maximum Gasteiger partial charge on any atom is 0.251 e. The first-order valence-corrected chi connectivity index (χ1v) is 6.94. The van der Waals surface area contributed by atoms with Crippen LogP contribution in [0, 0.1) is 0 Å². The predicted molar refractivity (Wildman–Crippen MR) is 74.8 cm³/mol. The summed E-state index contributed by atoms with van der Waals surface area (Å²) in [7, 11) is 0. The summed E-state index contributed by atoms with van der Waals surface area (Å²) >= 11 is 0. The molecule has 0 aromatic heterocycles. The van der Waals surface area contributed by atoms with Crippen LogP contribution in [0.2, 0.25) is 0 Å². The molecule has 1 unspecified atom stereocenters. The molecule has 1 saturated heterocycles. The predicted octanol–water partition coefficient (Wildman–Crippen LogP) is 0.754. The van der Waals surface area contributed by atoms with Crippen molar-refractivity contribution in [1.29, 1.82) is 0 Å². The molecule has 19 heavy (non-hydrogen) atoms. The van der Waals surface area contributed by atoms with Gasteiger partial charge in [0, 0.05) is 32.6 Å². The van der Waals surface area contributed by atoms with Gasteiger partial charge in [0.1, 0.15) is 6.10 Å². The van der Waals surface area contributed by atoms with Gasteiger partial charge in [-0.3, -0.25) is 4.79 Å². The van der Waals surface area contributed by atoms with Crippen molar-refractivity contribution in [2.45, 2.75) is 19.4 Å². The molecule has 104 valence electrons. The third-order valence-corrected chi connectivity index (χ3v) is 3.69. The lowest BCUT2D eigenvalue weighted by Gasteiger charge is -2.35. The first-order valence-electron chi connectivity index (χ1n) is 6.94. The van der Waals surface area contributed by atoms with E-state index >= 15 is 0 Å². The Morgan fingerprint density at radius 2 is 1.84 bits per heavy atom. The monoisotopic (exact) mass is 262 g/mol. The molecule has 1 fully saturated rings. The maximum absolute atomic E-state index is 12.2. The molecular formula is C15H22N2O2. The molecule has 2 rings (SSSR count). The highest BCUT2D eigenvalue weighted by molar-refractivity contribution is 5.81. The van der Waals surface area contributed by atoms with Crippen molar-refractivity contribution < 1.29 is 9.90 Å². The van der Waals surface area contributed by atoms with Gasteiger partial charge >= 0.3 is 0 Å². The van der Waals surface area contributed by atoms with Gasteiger partial charge in [-0.15, -0.1) is 0 Å². The number of likely N-dealkylation sites (N-methyl/N-ethyl adjacent to an activating group) is 1. The first-order chi connectivity index (χ1) is 9.20. The van der Waals surface area contributed by atoms with Crippen molar-refractivity contribution in [1.82, 2.24) is 9.80 Å². The fraction of sp³-hybridized carbons (Fsp3) is 0.533. The number of aliphatic hydroxyl groups is 1. The molecule has 1 amide bonds. The highest BCUT2D eigenvalue weighted by Gasteiger charge is 2.25. The van der Waals surface area contributed by atoms with E-state index in [4.69, 9.17) is 0 Å². The molecule has 4 nitrogen and oxygen atoms in total. The van der Waals surface area contributed by atoms with Crippen molar-refractivity contribution in [3.8, 4) is 0 Å². The van der Waals surface area contributed by atoms with Crippen LogP contribution in [0.3, 0.4) is 0 Å². The lowest BCUT2D eigenvalue weighted by molar-refractivity contribution is -0.141. The van der Waals surface area contributed by atoms with Gasteiger partial charge in [-0.05, 0) is 12.1 Å². The zero-order chi connectivity index (χ0) is 13.7. The zero-order valence-corrected chi connectivity index (χ0v) is 11.5. The van der Waals surface area contributed by atoms with Crippen LogP contribution >= 0.6 is 0 Å². The summed E-state index contributed by atoms with van der Waals surface area (Å²) in [5.41, 5.74) is 0.996. The van der Waals surface area contributed by atoms with Crippen LogP contribution in [0.15, 0.2) is 30.3 Å². The highest BCUT2D eigenvalue weighted by atomic mass is 16.3. The third kappa shape index (κ3) is 3.78. The molecule has 0 spiro atoms. The Morgan fingerprint density at radius 1 is 1.21 bits per heavy atom. The number of rotatable bonds is 4. The standard InChI is InChI=1S/C15H22N2O2/c1-2-16-8-10-17(11-9-16)15(19)14(18)12-13-6-4-3-5-7-13/h3-7,14,18H,2,8-12H2,1H3. The summed E-state index contributed by atoms with van der Waals surface area (Å²) in [6.45, 7) is 6.40. The van der Waals surface area contributed by atoms with Gasteiger partial charge in [0.25, 0.3) is 5.91 Å². The van der Waals surface area contributed by atoms with Crippen molar-refractivity contribution in [2.75, 3.05) is 32.7 Å². The molecule has 1 aromatic rings. The van der Waals surface area contributed by atoms with E-state index in [1.165, 1.54) is 0 Å². The molecule has 1 atom stereocenters. The maximum atomic E-state index is 12.2. The molecule has 1 aliphatic rings. The number of amides is 1. The summed E-state index contributed by atoms with van der Waals surface area (Å²) in [6, 6.07) is 9.65. The summed E-state index contributed by atoms with van der Waals surface area (Å²) in [6.07, 6.45) is -0.524. The van der Waals surface area contributed by atoms with E-state index < -0.39 is 6.10 Å². The summed E-state index contributed by atoms with van der Waals surface area (Å²) < 4.78 is 0. The van der Waals surface area contributed by atoms with Crippen LogP contribution in [-0.2, 0) is 11.2 Å². The molecule has 4 heteroatoms. The van der Waals surface area contributed by atoms with Crippen molar-refractivity contribution in [3.63, 3.8) is 0 Å². The van der Waals surface area contributed by atoms with E-state index in [-0.39, 0.29) is 5.91 Å². The summed E-state index contributed by atoms with van der Waals surface area (Å²) in [4.78, 5) is 16.2. The van der Waals surface area contributed by atoms with Gasteiger partial charge in [0.2, 0.25) is 0 Å². The fourth-order valence-electron chi connectivity index (χ4n) is 2.42. The van der Waals surface area contributed by atoms with Crippen LogP contribution in [-0.4, -0.2) is 59.6 Å². The molecule has 0 radical (unpaired) electrons. The van der Waals surface area contributed by atoms with Crippen molar-refractivity contribution >= 4 is 5.91 Å². The van der Waals surface area contributed by atoms with Gasteiger partial charge in [-0.25, -0.2) is 0 Å². The summed E-state index contributed by atoms with van der Waals surface area (Å²) in [5.74, 6) is -0.139. The van der Waals surface area contributed by atoms with Gasteiger partial charge < -0.3 is 14.9 Å². The normalized spacial score (nSPS) is 18.3. The average Bonchev–Trinajstić information content (AvgIpc) is 2.47. The number of piperazine rings is 1. The SMILES string of the molecule is CCN1CCN(C(=O)C(O)Cc2ccccc2)CC1. The van der Waals surface area contributed by atoms with E-state index in [0.717, 1.165) is 38.3 Å². The second kappa shape index (κ2) is 6.68. The molecule has 1 aromatic carbocycles. The minimum Gasteiger partial charge on any atom is -0.383 e. The molecule has 0 aliphatic carbocycles. The smallest absolute Gasteiger partial charge is 0.251 e. The van der Waals surface area contributed by atoms with Crippen molar-refractivity contribution in [2.24, 2.45) is 0 Å². The largest absolute Gasteiger partial charge is 0.383 e. The number of aliphatic hydroxyl groups excluding tert-OH is 1. The Labute approximate surface area is 114 Å². The van der Waals surface area contributed by atoms with E-state index in [2.05, 4.69) is 11.8 Å². The van der Waals surface area contributed by atoms with Crippen LogP contribution in [0.5, 0.6) is 0 Å². The van der Waals surface area contributed by atoms with Crippen LogP contribution in [0.1, 0.15) is 12.5 Å². The molecule has 1 heterocycles. The van der Waals surface area contributed by atoms with E-state index in [9.17, 15) is 9.90 Å². The molecule has 0 saturated carbocycles. The minimum absolute atomic E-state index is 0.139. The van der Waals surface area contributed by atoms with E-state index in [1.54, 1.807) is 4.90 Å². The van der Waals surface area contributed by atoms with Gasteiger partial charge in [-0.2, -0.15) is 0 Å². The number of nitrogens with zero attached hydrogens (tertiary/aromatic N) is 2. The number of carbonyl (C=O) groups excluding carboxylic acids is 1. The Kier molecular flexibility index (Phi) is 4.93. The van der Waals surface area contributed by atoms with Gasteiger partial charge in [-0.1, -0.05) is 37.3 Å². The fourth-order valence-corrected chi connectivity index (χ4v) is 2.42. The Hall–Kier alpha value is -1.39. The van der Waals surface area contributed by atoms with E-state index in [0.29, 0.717) is 6.42 Å². The van der Waals surface area contributed by atoms with Crippen molar-refractivity contribution in [3.05, 3.63) is 35.9 Å². The molecule has 0 bridgehead atoms. The quantitative estimate of drug-likeness (QED) is 0.871. The third-order valence-electron chi connectivity index (χ3n) is 3.69. The molecular weight excluding hydrogens is 240 g/mol. The van der Waals surface area contributed by atoms with Gasteiger partial charge in [0.05, 0.1) is 0 Å². The molecule has 1 N–H and O–H groups in total. The summed E-state index contributed by atoms with van der Waals surface area (Å²) in [5, 5.41) is 10.0. The lowest BCUT2D eigenvalue weighted by atomic mass is 10.1. The second-order valence-electron chi connectivity index (χ2n) is 4.97. The number of hydrogen-bond donors (Lipinski definition) is 1. The minimum atomic E-state index is -0.921. The molecule has 1 aliphatic heterocycles. The van der Waals surface area contributed by atoms with Crippen LogP contribution in [0.25, 0.3) is 0 Å². The Morgan fingerprint density at radius 3 is 2.42 bits per heavy atom. The second-order valence-corrected chi connectivity index (χ2v) is 4.97. The first kappa shape index (κ1) is 14.0. The topological polar surface area (TPSA) is 43.8 Å². The zero-order valence-electron chi connectivity index (χ0n) is 11.5.